The normalized spacial score (nSPS) is 11.7. The molecule has 8 heteroatoms. The molecule has 3 aromatic rings. The van der Waals surface area contributed by atoms with Crippen molar-refractivity contribution in [1.29, 1.82) is 0 Å². The molecule has 0 spiro atoms. The molecule has 0 amide bonds. The minimum absolute atomic E-state index is 0.249. The summed E-state index contributed by atoms with van der Waals surface area (Å²) in [5, 5.41) is 14.4. The lowest BCUT2D eigenvalue weighted by atomic mass is 10.2. The van der Waals surface area contributed by atoms with Gasteiger partial charge in [0.05, 0.1) is 15.7 Å². The van der Waals surface area contributed by atoms with Gasteiger partial charge in [-0.25, -0.2) is 0 Å². The number of nitrogens with two attached hydrogens (primary N) is 1. The second-order valence-corrected chi connectivity index (χ2v) is 6.44. The summed E-state index contributed by atoms with van der Waals surface area (Å²) in [4.78, 5) is 0.743. The van der Waals surface area contributed by atoms with Crippen LogP contribution in [-0.2, 0) is 0 Å². The zero-order chi connectivity index (χ0) is 14.4. The SMILES string of the molecule is CC(C)c1nnc2sc(-c3cc(Cl)c(N)c(Cl)c3)nn12. The van der Waals surface area contributed by atoms with Gasteiger partial charge >= 0.3 is 0 Å². The smallest absolute Gasteiger partial charge is 0.234 e. The van der Waals surface area contributed by atoms with E-state index in [4.69, 9.17) is 28.9 Å². The first kappa shape index (κ1) is 13.6. The summed E-state index contributed by atoms with van der Waals surface area (Å²) >= 11 is 13.5. The Morgan fingerprint density at radius 3 is 2.45 bits per heavy atom. The van der Waals surface area contributed by atoms with Gasteiger partial charge in [-0.15, -0.1) is 10.2 Å². The highest BCUT2D eigenvalue weighted by Crippen LogP contribution is 2.35. The van der Waals surface area contributed by atoms with E-state index >= 15 is 0 Å². The van der Waals surface area contributed by atoms with E-state index in [0.29, 0.717) is 15.7 Å². The maximum Gasteiger partial charge on any atom is 0.234 e. The molecule has 2 aromatic heterocycles. The van der Waals surface area contributed by atoms with E-state index in [2.05, 4.69) is 15.3 Å². The number of benzene rings is 1. The fraction of sp³-hybridized carbons (Fsp3) is 0.250. The van der Waals surface area contributed by atoms with Crippen LogP contribution >= 0.6 is 34.5 Å². The molecular formula is C12H11Cl2N5S. The van der Waals surface area contributed by atoms with Crippen LogP contribution in [0.5, 0.6) is 0 Å². The Morgan fingerprint density at radius 2 is 1.85 bits per heavy atom. The zero-order valence-corrected chi connectivity index (χ0v) is 13.1. The first-order valence-electron chi connectivity index (χ1n) is 5.94. The summed E-state index contributed by atoms with van der Waals surface area (Å²) < 4.78 is 1.75. The van der Waals surface area contributed by atoms with Gasteiger partial charge in [0.2, 0.25) is 4.96 Å². The Labute approximate surface area is 129 Å². The van der Waals surface area contributed by atoms with Crippen molar-refractivity contribution >= 4 is 45.2 Å². The zero-order valence-electron chi connectivity index (χ0n) is 10.8. The lowest BCUT2D eigenvalue weighted by Crippen LogP contribution is -1.98. The van der Waals surface area contributed by atoms with Crippen LogP contribution < -0.4 is 5.73 Å². The molecule has 0 saturated heterocycles. The monoisotopic (exact) mass is 327 g/mol. The quantitative estimate of drug-likeness (QED) is 0.725. The van der Waals surface area contributed by atoms with Crippen LogP contribution in [0, 0.1) is 0 Å². The highest BCUT2D eigenvalue weighted by Gasteiger charge is 2.16. The van der Waals surface area contributed by atoms with Crippen molar-refractivity contribution in [3.05, 3.63) is 28.0 Å². The average Bonchev–Trinajstić information content (AvgIpc) is 2.94. The number of nitrogen functional groups attached to an aromatic ring is 1. The molecule has 2 N–H and O–H groups in total. The van der Waals surface area contributed by atoms with Gasteiger partial charge in [-0.3, -0.25) is 0 Å². The molecule has 0 atom stereocenters. The minimum Gasteiger partial charge on any atom is -0.396 e. The van der Waals surface area contributed by atoms with Crippen LogP contribution in [0.25, 0.3) is 15.5 Å². The molecule has 2 heterocycles. The van der Waals surface area contributed by atoms with E-state index in [1.807, 2.05) is 13.8 Å². The number of fused-ring (bicyclic) bond motifs is 1. The molecule has 0 unspecified atom stereocenters. The number of aromatic nitrogens is 4. The van der Waals surface area contributed by atoms with Crippen molar-refractivity contribution in [2.24, 2.45) is 0 Å². The Bertz CT molecular complexity index is 769. The number of anilines is 1. The van der Waals surface area contributed by atoms with Crippen LogP contribution in [0.4, 0.5) is 5.69 Å². The topological polar surface area (TPSA) is 69.1 Å². The molecule has 0 aliphatic heterocycles. The minimum atomic E-state index is 0.249. The van der Waals surface area contributed by atoms with Gasteiger partial charge < -0.3 is 5.73 Å². The molecule has 104 valence electrons. The van der Waals surface area contributed by atoms with Crippen molar-refractivity contribution in [3.63, 3.8) is 0 Å². The molecule has 3 rings (SSSR count). The fourth-order valence-corrected chi connectivity index (χ4v) is 3.14. The van der Waals surface area contributed by atoms with E-state index in [1.165, 1.54) is 11.3 Å². The Morgan fingerprint density at radius 1 is 1.20 bits per heavy atom. The lowest BCUT2D eigenvalue weighted by Gasteiger charge is -2.03. The average molecular weight is 328 g/mol. The van der Waals surface area contributed by atoms with Crippen molar-refractivity contribution in [3.8, 4) is 10.6 Å². The number of rotatable bonds is 2. The molecule has 0 radical (unpaired) electrons. The first-order valence-corrected chi connectivity index (χ1v) is 7.51. The predicted octanol–water partition coefficient (Wildman–Crippen LogP) is 3.87. The summed E-state index contributed by atoms with van der Waals surface area (Å²) in [6.07, 6.45) is 0. The molecule has 1 aromatic carbocycles. The highest BCUT2D eigenvalue weighted by molar-refractivity contribution is 7.19. The van der Waals surface area contributed by atoms with E-state index in [0.717, 1.165) is 21.4 Å². The van der Waals surface area contributed by atoms with Crippen LogP contribution in [0.2, 0.25) is 10.0 Å². The summed E-state index contributed by atoms with van der Waals surface area (Å²) in [5.74, 6) is 1.08. The molecule has 0 saturated carbocycles. The molecule has 0 fully saturated rings. The van der Waals surface area contributed by atoms with Crippen molar-refractivity contribution in [2.75, 3.05) is 5.73 Å². The molecular weight excluding hydrogens is 317 g/mol. The molecule has 0 aliphatic rings. The number of hydrogen-bond donors (Lipinski definition) is 1. The lowest BCUT2D eigenvalue weighted by molar-refractivity contribution is 0.727. The highest BCUT2D eigenvalue weighted by atomic mass is 35.5. The van der Waals surface area contributed by atoms with E-state index in [-0.39, 0.29) is 5.92 Å². The van der Waals surface area contributed by atoms with Gasteiger partial charge in [0.15, 0.2) is 5.82 Å². The summed E-state index contributed by atoms with van der Waals surface area (Å²) in [6.45, 7) is 4.10. The number of halogens is 2. The van der Waals surface area contributed by atoms with Crippen LogP contribution in [-0.4, -0.2) is 19.8 Å². The third-order valence-corrected chi connectivity index (χ3v) is 4.43. The molecule has 0 aliphatic carbocycles. The number of nitrogens with zero attached hydrogens (tertiary/aromatic N) is 4. The summed E-state index contributed by atoms with van der Waals surface area (Å²) in [6, 6.07) is 3.51. The Kier molecular flexibility index (Phi) is 3.32. The predicted molar refractivity (Wildman–Crippen MR) is 82.6 cm³/mol. The molecule has 5 nitrogen and oxygen atoms in total. The standard InChI is InChI=1S/C12H11Cl2N5S/c1-5(2)10-16-17-12-19(10)18-11(20-12)6-3-7(13)9(15)8(14)4-6/h3-5H,15H2,1-2H3. The summed E-state index contributed by atoms with van der Waals surface area (Å²) in [5.41, 5.74) is 6.94. The van der Waals surface area contributed by atoms with Crippen LogP contribution in [0.15, 0.2) is 12.1 Å². The second kappa shape index (κ2) is 4.87. The maximum absolute atomic E-state index is 6.06. The third-order valence-electron chi connectivity index (χ3n) is 2.86. The summed E-state index contributed by atoms with van der Waals surface area (Å²) in [7, 11) is 0. The van der Waals surface area contributed by atoms with Gasteiger partial charge in [-0.05, 0) is 12.1 Å². The van der Waals surface area contributed by atoms with Crippen LogP contribution in [0.1, 0.15) is 25.6 Å². The van der Waals surface area contributed by atoms with Gasteiger partial charge in [-0.1, -0.05) is 48.4 Å². The van der Waals surface area contributed by atoms with E-state index < -0.39 is 0 Å². The third kappa shape index (κ3) is 2.13. The van der Waals surface area contributed by atoms with Crippen molar-refractivity contribution in [1.82, 2.24) is 19.8 Å². The van der Waals surface area contributed by atoms with Gasteiger partial charge in [0.1, 0.15) is 5.01 Å². The Hall–Kier alpha value is -1.37. The van der Waals surface area contributed by atoms with Gasteiger partial charge in [-0.2, -0.15) is 9.61 Å². The van der Waals surface area contributed by atoms with Crippen molar-refractivity contribution < 1.29 is 0 Å². The van der Waals surface area contributed by atoms with Crippen molar-refractivity contribution in [2.45, 2.75) is 19.8 Å². The molecule has 20 heavy (non-hydrogen) atoms. The Balaban J connectivity index is 2.15. The molecule has 0 bridgehead atoms. The van der Waals surface area contributed by atoms with Gasteiger partial charge in [0.25, 0.3) is 0 Å². The first-order chi connectivity index (χ1) is 9.47. The second-order valence-electron chi connectivity index (χ2n) is 4.67. The van der Waals surface area contributed by atoms with Gasteiger partial charge in [0, 0.05) is 11.5 Å². The van der Waals surface area contributed by atoms with E-state index in [1.54, 1.807) is 16.6 Å². The maximum atomic E-state index is 6.06. The largest absolute Gasteiger partial charge is 0.396 e. The van der Waals surface area contributed by atoms with Crippen LogP contribution in [0.3, 0.4) is 0 Å². The number of hydrogen-bond acceptors (Lipinski definition) is 5. The fourth-order valence-electron chi connectivity index (χ4n) is 1.82. The van der Waals surface area contributed by atoms with E-state index in [9.17, 15) is 0 Å².